The monoisotopic (exact) mass is 487 g/mol. The molecule has 3 heterocycles. The fourth-order valence-electron chi connectivity index (χ4n) is 2.81. The van der Waals surface area contributed by atoms with Crippen LogP contribution in [0.2, 0.25) is 0 Å². The molecule has 7 nitrogen and oxygen atoms in total. The van der Waals surface area contributed by atoms with Gasteiger partial charge in [-0.05, 0) is 12.5 Å². The standard InChI is InChI=1S/C17H25N7S.HI/c1-3-14-13-22-15(25-14)5-8-21-16(18-2)23-9-11-24(12-10-23)17-19-6-4-7-20-17;/h4,6-7,13H,3,5,8-12H2,1-2H3,(H,18,21);1H. The molecule has 0 aliphatic carbocycles. The van der Waals surface area contributed by atoms with E-state index in [9.17, 15) is 0 Å². The fourth-order valence-corrected chi connectivity index (χ4v) is 3.68. The van der Waals surface area contributed by atoms with E-state index < -0.39 is 0 Å². The minimum Gasteiger partial charge on any atom is -0.356 e. The number of rotatable bonds is 5. The second-order valence-electron chi connectivity index (χ2n) is 5.82. The number of hydrogen-bond acceptors (Lipinski definition) is 6. The van der Waals surface area contributed by atoms with Crippen LogP contribution in [0.3, 0.4) is 0 Å². The average Bonchev–Trinajstić information content (AvgIpc) is 3.14. The zero-order valence-electron chi connectivity index (χ0n) is 15.3. The number of guanidine groups is 1. The minimum atomic E-state index is 0. The molecule has 1 N–H and O–H groups in total. The van der Waals surface area contributed by atoms with Crippen molar-refractivity contribution in [3.05, 3.63) is 34.5 Å². The molecule has 142 valence electrons. The second kappa shape index (κ2) is 10.6. The van der Waals surface area contributed by atoms with E-state index in [1.807, 2.05) is 19.3 Å². The molecule has 0 bridgehead atoms. The highest BCUT2D eigenvalue weighted by molar-refractivity contribution is 14.0. The molecule has 1 saturated heterocycles. The lowest BCUT2D eigenvalue weighted by molar-refractivity contribution is 0.370. The Bertz CT molecular complexity index is 683. The summed E-state index contributed by atoms with van der Waals surface area (Å²) in [6, 6.07) is 1.84. The van der Waals surface area contributed by atoms with E-state index in [1.54, 1.807) is 23.7 Å². The lowest BCUT2D eigenvalue weighted by Gasteiger charge is -2.36. The summed E-state index contributed by atoms with van der Waals surface area (Å²) in [5.41, 5.74) is 0. The van der Waals surface area contributed by atoms with E-state index >= 15 is 0 Å². The number of anilines is 1. The molecule has 26 heavy (non-hydrogen) atoms. The molecule has 0 spiro atoms. The Balaban J connectivity index is 0.00000243. The lowest BCUT2D eigenvalue weighted by atomic mass is 10.3. The van der Waals surface area contributed by atoms with E-state index in [4.69, 9.17) is 0 Å². The second-order valence-corrected chi connectivity index (χ2v) is 7.02. The third-order valence-electron chi connectivity index (χ3n) is 4.20. The van der Waals surface area contributed by atoms with Gasteiger partial charge in [-0.3, -0.25) is 4.99 Å². The Hall–Kier alpha value is -1.49. The highest BCUT2D eigenvalue weighted by Gasteiger charge is 2.20. The summed E-state index contributed by atoms with van der Waals surface area (Å²) in [6.45, 7) is 6.64. The van der Waals surface area contributed by atoms with Crippen molar-refractivity contribution in [2.24, 2.45) is 4.99 Å². The van der Waals surface area contributed by atoms with Gasteiger partial charge < -0.3 is 15.1 Å². The minimum absolute atomic E-state index is 0. The zero-order valence-corrected chi connectivity index (χ0v) is 18.4. The van der Waals surface area contributed by atoms with Gasteiger partial charge in [0.25, 0.3) is 0 Å². The summed E-state index contributed by atoms with van der Waals surface area (Å²) in [6.07, 6.45) is 7.55. The summed E-state index contributed by atoms with van der Waals surface area (Å²) < 4.78 is 0. The number of halogens is 1. The smallest absolute Gasteiger partial charge is 0.225 e. The molecule has 1 aliphatic heterocycles. The third-order valence-corrected chi connectivity index (χ3v) is 5.40. The van der Waals surface area contributed by atoms with Gasteiger partial charge in [-0.25, -0.2) is 15.0 Å². The molecular weight excluding hydrogens is 461 g/mol. The van der Waals surface area contributed by atoms with Gasteiger partial charge in [-0.2, -0.15) is 0 Å². The predicted octanol–water partition coefficient (Wildman–Crippen LogP) is 2.05. The van der Waals surface area contributed by atoms with Gasteiger partial charge in [0.1, 0.15) is 0 Å². The van der Waals surface area contributed by atoms with Crippen LogP contribution in [0.25, 0.3) is 0 Å². The maximum Gasteiger partial charge on any atom is 0.225 e. The zero-order chi connectivity index (χ0) is 17.5. The average molecular weight is 487 g/mol. The van der Waals surface area contributed by atoms with Crippen LogP contribution in [-0.4, -0.2) is 65.6 Å². The van der Waals surface area contributed by atoms with E-state index in [0.717, 1.165) is 57.5 Å². The molecule has 0 atom stereocenters. The Morgan fingerprint density at radius 2 is 1.92 bits per heavy atom. The first-order valence-corrected chi connectivity index (χ1v) is 9.53. The van der Waals surface area contributed by atoms with Gasteiger partial charge >= 0.3 is 0 Å². The molecule has 2 aromatic heterocycles. The highest BCUT2D eigenvalue weighted by atomic mass is 127. The number of nitrogens with one attached hydrogen (secondary N) is 1. The summed E-state index contributed by atoms with van der Waals surface area (Å²) in [5.74, 6) is 1.77. The Morgan fingerprint density at radius 1 is 1.19 bits per heavy atom. The first kappa shape index (κ1) is 20.8. The van der Waals surface area contributed by atoms with Crippen LogP contribution >= 0.6 is 35.3 Å². The molecule has 3 rings (SSSR count). The van der Waals surface area contributed by atoms with E-state index in [2.05, 4.69) is 42.0 Å². The van der Waals surface area contributed by atoms with Crippen LogP contribution in [0, 0.1) is 0 Å². The number of aromatic nitrogens is 3. The summed E-state index contributed by atoms with van der Waals surface area (Å²) >= 11 is 1.80. The molecular formula is C17H26IN7S. The fraction of sp³-hybridized carbons (Fsp3) is 0.529. The van der Waals surface area contributed by atoms with Crippen LogP contribution in [-0.2, 0) is 12.8 Å². The molecule has 0 saturated carbocycles. The summed E-state index contributed by atoms with van der Waals surface area (Å²) in [7, 11) is 1.84. The van der Waals surface area contributed by atoms with E-state index in [1.165, 1.54) is 9.88 Å². The number of nitrogens with zero attached hydrogens (tertiary/aromatic N) is 6. The van der Waals surface area contributed by atoms with Gasteiger partial charge in [0.05, 0.1) is 5.01 Å². The molecule has 9 heteroatoms. The molecule has 1 aliphatic rings. The number of thiazole rings is 1. The number of aliphatic imine (C=N–C) groups is 1. The number of aryl methyl sites for hydroxylation is 1. The highest BCUT2D eigenvalue weighted by Crippen LogP contribution is 2.13. The van der Waals surface area contributed by atoms with Gasteiger partial charge in [0, 0.05) is 69.7 Å². The maximum atomic E-state index is 4.47. The molecule has 2 aromatic rings. The van der Waals surface area contributed by atoms with Gasteiger partial charge in [-0.15, -0.1) is 35.3 Å². The first-order chi connectivity index (χ1) is 12.3. The Labute approximate surface area is 176 Å². The van der Waals surface area contributed by atoms with Crippen molar-refractivity contribution in [3.8, 4) is 0 Å². The van der Waals surface area contributed by atoms with Crippen molar-refractivity contribution in [2.75, 3.05) is 44.7 Å². The quantitative estimate of drug-likeness (QED) is 0.396. The maximum absolute atomic E-state index is 4.47. The van der Waals surface area contributed by atoms with Crippen molar-refractivity contribution < 1.29 is 0 Å². The van der Waals surface area contributed by atoms with Crippen LogP contribution in [0.5, 0.6) is 0 Å². The number of piperazine rings is 1. The van der Waals surface area contributed by atoms with E-state index in [0.29, 0.717) is 0 Å². The third kappa shape index (κ3) is 5.50. The van der Waals surface area contributed by atoms with Gasteiger partial charge in [-0.1, -0.05) is 6.92 Å². The van der Waals surface area contributed by atoms with Crippen LogP contribution in [0.15, 0.2) is 29.6 Å². The van der Waals surface area contributed by atoms with Gasteiger partial charge in [0.15, 0.2) is 5.96 Å². The van der Waals surface area contributed by atoms with Crippen LogP contribution in [0.4, 0.5) is 5.95 Å². The van der Waals surface area contributed by atoms with E-state index in [-0.39, 0.29) is 24.0 Å². The first-order valence-electron chi connectivity index (χ1n) is 8.71. The predicted molar refractivity (Wildman–Crippen MR) is 118 cm³/mol. The molecule has 0 radical (unpaired) electrons. The molecule has 0 amide bonds. The van der Waals surface area contributed by atoms with Crippen molar-refractivity contribution in [2.45, 2.75) is 19.8 Å². The van der Waals surface area contributed by atoms with Crippen LogP contribution in [0.1, 0.15) is 16.8 Å². The van der Waals surface area contributed by atoms with Crippen molar-refractivity contribution in [1.82, 2.24) is 25.2 Å². The largest absolute Gasteiger partial charge is 0.356 e. The Kier molecular flexibility index (Phi) is 8.49. The van der Waals surface area contributed by atoms with Crippen molar-refractivity contribution in [1.29, 1.82) is 0 Å². The SMILES string of the molecule is CCc1cnc(CCNC(=NC)N2CCN(c3ncccn3)CC2)s1.I. The lowest BCUT2D eigenvalue weighted by Crippen LogP contribution is -2.53. The normalized spacial score (nSPS) is 14.9. The Morgan fingerprint density at radius 3 is 2.54 bits per heavy atom. The number of hydrogen-bond donors (Lipinski definition) is 1. The summed E-state index contributed by atoms with van der Waals surface area (Å²) in [4.78, 5) is 23.4. The molecule has 1 fully saturated rings. The van der Waals surface area contributed by atoms with Gasteiger partial charge in [0.2, 0.25) is 5.95 Å². The van der Waals surface area contributed by atoms with Crippen LogP contribution < -0.4 is 10.2 Å². The van der Waals surface area contributed by atoms with Crippen molar-refractivity contribution in [3.63, 3.8) is 0 Å². The summed E-state index contributed by atoms with van der Waals surface area (Å²) in [5, 5.41) is 4.65. The molecule has 0 aromatic carbocycles. The molecule has 0 unspecified atom stereocenters. The topological polar surface area (TPSA) is 69.5 Å². The van der Waals surface area contributed by atoms with Crippen molar-refractivity contribution >= 4 is 47.2 Å².